The molecule has 0 aliphatic heterocycles. The normalized spacial score (nSPS) is 12.5. The van der Waals surface area contributed by atoms with Crippen LogP contribution in [0.15, 0.2) is 18.2 Å². The highest BCUT2D eigenvalue weighted by Crippen LogP contribution is 2.25. The Bertz CT molecular complexity index is 402. The minimum Gasteiger partial charge on any atom is -0.397 e. The minimum atomic E-state index is -0.462. The van der Waals surface area contributed by atoms with E-state index in [9.17, 15) is 4.79 Å². The fraction of sp³-hybridized carbons (Fsp3) is 0.462. The molecular weight excluding hydrogens is 214 g/mol. The second-order valence-corrected chi connectivity index (χ2v) is 4.81. The van der Waals surface area contributed by atoms with E-state index < -0.39 is 5.91 Å². The number of amides is 1. The second kappa shape index (κ2) is 5.57. The molecule has 0 spiro atoms. The first-order chi connectivity index (χ1) is 7.91. The highest BCUT2D eigenvalue weighted by Gasteiger charge is 2.13. The van der Waals surface area contributed by atoms with Crippen LogP contribution in [-0.4, -0.2) is 11.9 Å². The topological polar surface area (TPSA) is 81.1 Å². The summed E-state index contributed by atoms with van der Waals surface area (Å²) in [5, 5.41) is 3.27. The number of primary amides is 1. The first-order valence-electron chi connectivity index (χ1n) is 5.86. The van der Waals surface area contributed by atoms with Crippen molar-refractivity contribution in [3.63, 3.8) is 0 Å². The van der Waals surface area contributed by atoms with Crippen LogP contribution < -0.4 is 16.8 Å². The predicted molar refractivity (Wildman–Crippen MR) is 71.9 cm³/mol. The summed E-state index contributed by atoms with van der Waals surface area (Å²) in [7, 11) is 0. The van der Waals surface area contributed by atoms with Gasteiger partial charge in [0.15, 0.2) is 0 Å². The molecule has 0 saturated heterocycles. The standard InChI is InChI=1S/C13H21N3O/c1-8(2)7-9(3)16-12-10(13(15)17)5-4-6-11(12)14/h4-6,8-9,16H,7,14H2,1-3H3,(H2,15,17). The van der Waals surface area contributed by atoms with Crippen LogP contribution in [0.2, 0.25) is 0 Å². The van der Waals surface area contributed by atoms with Gasteiger partial charge in [-0.25, -0.2) is 0 Å². The zero-order valence-electron chi connectivity index (χ0n) is 10.7. The molecule has 4 heteroatoms. The van der Waals surface area contributed by atoms with Gasteiger partial charge in [-0.1, -0.05) is 19.9 Å². The van der Waals surface area contributed by atoms with Crippen LogP contribution in [0, 0.1) is 5.92 Å². The maximum Gasteiger partial charge on any atom is 0.250 e. The molecule has 17 heavy (non-hydrogen) atoms. The molecule has 1 aromatic rings. The highest BCUT2D eigenvalue weighted by atomic mass is 16.1. The van der Waals surface area contributed by atoms with Gasteiger partial charge in [-0.3, -0.25) is 4.79 Å². The molecule has 0 heterocycles. The Balaban J connectivity index is 2.92. The third-order valence-corrected chi connectivity index (χ3v) is 2.58. The molecule has 0 bridgehead atoms. The molecule has 94 valence electrons. The number of hydrogen-bond acceptors (Lipinski definition) is 3. The van der Waals surface area contributed by atoms with Crippen LogP contribution in [0.25, 0.3) is 0 Å². The third kappa shape index (κ3) is 3.66. The Hall–Kier alpha value is -1.71. The Morgan fingerprint density at radius 1 is 1.35 bits per heavy atom. The SMILES string of the molecule is CC(C)CC(C)Nc1c(N)cccc1C(N)=O. The molecular formula is C13H21N3O. The second-order valence-electron chi connectivity index (χ2n) is 4.81. The average molecular weight is 235 g/mol. The van der Waals surface area contributed by atoms with Crippen molar-refractivity contribution < 1.29 is 4.79 Å². The number of nitrogens with two attached hydrogens (primary N) is 2. The molecule has 4 nitrogen and oxygen atoms in total. The summed E-state index contributed by atoms with van der Waals surface area (Å²) >= 11 is 0. The molecule has 0 fully saturated rings. The zero-order valence-corrected chi connectivity index (χ0v) is 10.7. The number of anilines is 2. The summed E-state index contributed by atoms with van der Waals surface area (Å²) in [6.07, 6.45) is 1.01. The van der Waals surface area contributed by atoms with E-state index in [1.54, 1.807) is 18.2 Å². The number of nitrogen functional groups attached to an aromatic ring is 1. The summed E-state index contributed by atoms with van der Waals surface area (Å²) in [5.74, 6) is 0.121. The van der Waals surface area contributed by atoms with E-state index in [1.807, 2.05) is 0 Å². The minimum absolute atomic E-state index is 0.248. The lowest BCUT2D eigenvalue weighted by Gasteiger charge is -2.20. The largest absolute Gasteiger partial charge is 0.397 e. The number of para-hydroxylation sites is 1. The summed E-state index contributed by atoms with van der Waals surface area (Å²) in [6, 6.07) is 5.42. The summed E-state index contributed by atoms with van der Waals surface area (Å²) < 4.78 is 0. The molecule has 5 N–H and O–H groups in total. The number of carbonyl (C=O) groups is 1. The van der Waals surface area contributed by atoms with Crippen molar-refractivity contribution in [2.24, 2.45) is 11.7 Å². The van der Waals surface area contributed by atoms with Crippen molar-refractivity contribution in [1.82, 2.24) is 0 Å². The number of nitrogens with one attached hydrogen (secondary N) is 1. The Kier molecular flexibility index (Phi) is 4.37. The molecule has 1 unspecified atom stereocenters. The molecule has 1 atom stereocenters. The van der Waals surface area contributed by atoms with Crippen molar-refractivity contribution in [1.29, 1.82) is 0 Å². The van der Waals surface area contributed by atoms with Crippen LogP contribution in [0.1, 0.15) is 37.6 Å². The predicted octanol–water partition coefficient (Wildman–Crippen LogP) is 2.21. The van der Waals surface area contributed by atoms with E-state index in [4.69, 9.17) is 11.5 Å². The fourth-order valence-corrected chi connectivity index (χ4v) is 1.95. The van der Waals surface area contributed by atoms with E-state index >= 15 is 0 Å². The van der Waals surface area contributed by atoms with Gasteiger partial charge in [0.05, 0.1) is 16.9 Å². The van der Waals surface area contributed by atoms with Crippen molar-refractivity contribution in [3.05, 3.63) is 23.8 Å². The zero-order chi connectivity index (χ0) is 13.0. The molecule has 1 aromatic carbocycles. The van der Waals surface area contributed by atoms with Crippen LogP contribution in [-0.2, 0) is 0 Å². The van der Waals surface area contributed by atoms with Crippen LogP contribution >= 0.6 is 0 Å². The van der Waals surface area contributed by atoms with Crippen LogP contribution in [0.3, 0.4) is 0 Å². The Morgan fingerprint density at radius 2 is 2.00 bits per heavy atom. The molecule has 0 aliphatic rings. The van der Waals surface area contributed by atoms with Gasteiger partial charge < -0.3 is 16.8 Å². The lowest BCUT2D eigenvalue weighted by atomic mass is 10.0. The highest BCUT2D eigenvalue weighted by molar-refractivity contribution is 6.01. The van der Waals surface area contributed by atoms with E-state index in [-0.39, 0.29) is 6.04 Å². The molecule has 0 aliphatic carbocycles. The lowest BCUT2D eigenvalue weighted by molar-refractivity contribution is 0.100. The molecule has 1 rings (SSSR count). The monoisotopic (exact) mass is 235 g/mol. The quantitative estimate of drug-likeness (QED) is 0.684. The number of carbonyl (C=O) groups excluding carboxylic acids is 1. The van der Waals surface area contributed by atoms with Gasteiger partial charge in [0.2, 0.25) is 0 Å². The number of hydrogen-bond donors (Lipinski definition) is 3. The van der Waals surface area contributed by atoms with Gasteiger partial charge >= 0.3 is 0 Å². The smallest absolute Gasteiger partial charge is 0.250 e. The Labute approximate surface area is 102 Å². The van der Waals surface area contributed by atoms with Crippen LogP contribution in [0.5, 0.6) is 0 Å². The first-order valence-corrected chi connectivity index (χ1v) is 5.86. The van der Waals surface area contributed by atoms with Gasteiger partial charge in [0.1, 0.15) is 0 Å². The average Bonchev–Trinajstić information content (AvgIpc) is 2.19. The van der Waals surface area contributed by atoms with Gasteiger partial charge in [-0.15, -0.1) is 0 Å². The molecule has 0 aromatic heterocycles. The van der Waals surface area contributed by atoms with E-state index in [2.05, 4.69) is 26.1 Å². The number of rotatable bonds is 5. The number of benzene rings is 1. The van der Waals surface area contributed by atoms with Crippen molar-refractivity contribution in [2.75, 3.05) is 11.1 Å². The lowest BCUT2D eigenvalue weighted by Crippen LogP contribution is -2.22. The summed E-state index contributed by atoms with van der Waals surface area (Å²) in [4.78, 5) is 11.3. The van der Waals surface area contributed by atoms with E-state index in [1.165, 1.54) is 0 Å². The first kappa shape index (κ1) is 13.4. The van der Waals surface area contributed by atoms with Crippen molar-refractivity contribution >= 4 is 17.3 Å². The van der Waals surface area contributed by atoms with Crippen LogP contribution in [0.4, 0.5) is 11.4 Å². The molecule has 0 saturated carbocycles. The van der Waals surface area contributed by atoms with Crippen molar-refractivity contribution in [3.8, 4) is 0 Å². The fourth-order valence-electron chi connectivity index (χ4n) is 1.95. The molecule has 0 radical (unpaired) electrons. The third-order valence-electron chi connectivity index (χ3n) is 2.58. The van der Waals surface area contributed by atoms with Crippen molar-refractivity contribution in [2.45, 2.75) is 33.2 Å². The van der Waals surface area contributed by atoms with E-state index in [0.717, 1.165) is 6.42 Å². The Morgan fingerprint density at radius 3 is 2.53 bits per heavy atom. The van der Waals surface area contributed by atoms with Gasteiger partial charge in [0, 0.05) is 6.04 Å². The van der Waals surface area contributed by atoms with Gasteiger partial charge in [-0.2, -0.15) is 0 Å². The summed E-state index contributed by atoms with van der Waals surface area (Å²) in [5.41, 5.74) is 12.8. The van der Waals surface area contributed by atoms with E-state index in [0.29, 0.717) is 22.9 Å². The summed E-state index contributed by atoms with van der Waals surface area (Å²) in [6.45, 7) is 6.38. The maximum absolute atomic E-state index is 11.3. The maximum atomic E-state index is 11.3. The molecule has 1 amide bonds. The van der Waals surface area contributed by atoms with Gasteiger partial charge in [-0.05, 0) is 31.4 Å². The van der Waals surface area contributed by atoms with Gasteiger partial charge in [0.25, 0.3) is 5.91 Å².